The monoisotopic (exact) mass is 263 g/mol. The predicted octanol–water partition coefficient (Wildman–Crippen LogP) is 2.47. The van der Waals surface area contributed by atoms with E-state index >= 15 is 0 Å². The van der Waals surface area contributed by atoms with E-state index in [0.717, 1.165) is 11.1 Å². The Morgan fingerprint density at radius 1 is 1.17 bits per heavy atom. The predicted molar refractivity (Wildman–Crippen MR) is 68.5 cm³/mol. The first kappa shape index (κ1) is 12.7. The summed E-state index contributed by atoms with van der Waals surface area (Å²) in [7, 11) is -3.66. The molecule has 5 heteroatoms. The average Bonchev–Trinajstić information content (AvgIpc) is 2.40. The van der Waals surface area contributed by atoms with Crippen LogP contribution in [0.2, 0.25) is 0 Å². The molecule has 0 saturated heterocycles. The van der Waals surface area contributed by atoms with Crippen molar-refractivity contribution in [2.45, 2.75) is 11.8 Å². The molecule has 4 nitrogen and oxygen atoms in total. The van der Waals surface area contributed by atoms with Crippen LogP contribution in [0.3, 0.4) is 0 Å². The molecule has 0 aliphatic rings. The van der Waals surface area contributed by atoms with Gasteiger partial charge in [-0.3, -0.25) is 9.17 Å². The van der Waals surface area contributed by atoms with Crippen molar-refractivity contribution in [3.63, 3.8) is 0 Å². The Morgan fingerprint density at radius 3 is 2.61 bits per heavy atom. The molecule has 1 heterocycles. The second-order valence-corrected chi connectivity index (χ2v) is 5.25. The highest BCUT2D eigenvalue weighted by Gasteiger charge is 2.14. The van der Waals surface area contributed by atoms with Gasteiger partial charge in [-0.1, -0.05) is 18.2 Å². The molecule has 0 amide bonds. The first-order chi connectivity index (χ1) is 8.63. The molecule has 0 saturated carbocycles. The molecule has 2 rings (SSSR count). The number of pyridine rings is 1. The minimum atomic E-state index is -3.66. The lowest BCUT2D eigenvalue weighted by Gasteiger charge is -2.06. The third-order valence-corrected chi connectivity index (χ3v) is 3.77. The van der Waals surface area contributed by atoms with Gasteiger partial charge in [0.2, 0.25) is 0 Å². The smallest absolute Gasteiger partial charge is 0.267 e. The molecule has 0 radical (unpaired) electrons. The maximum Gasteiger partial charge on any atom is 0.296 e. The lowest BCUT2D eigenvalue weighted by atomic mass is 10.1. The first-order valence-electron chi connectivity index (χ1n) is 5.53. The molecule has 0 aliphatic heterocycles. The van der Waals surface area contributed by atoms with Gasteiger partial charge in [-0.15, -0.1) is 0 Å². The van der Waals surface area contributed by atoms with Gasteiger partial charge in [-0.25, -0.2) is 0 Å². The van der Waals surface area contributed by atoms with Crippen molar-refractivity contribution >= 4 is 10.1 Å². The van der Waals surface area contributed by atoms with Gasteiger partial charge in [-0.2, -0.15) is 8.42 Å². The molecule has 0 aliphatic carbocycles. The normalized spacial score (nSPS) is 11.4. The zero-order valence-electron chi connectivity index (χ0n) is 9.91. The van der Waals surface area contributed by atoms with E-state index in [1.807, 2.05) is 12.1 Å². The van der Waals surface area contributed by atoms with E-state index in [2.05, 4.69) is 4.98 Å². The van der Waals surface area contributed by atoms with Gasteiger partial charge < -0.3 is 0 Å². The van der Waals surface area contributed by atoms with Gasteiger partial charge >= 0.3 is 0 Å². The summed E-state index contributed by atoms with van der Waals surface area (Å²) in [5, 5.41) is 0. The minimum Gasteiger partial charge on any atom is -0.267 e. The van der Waals surface area contributed by atoms with Crippen LogP contribution in [0.1, 0.15) is 6.92 Å². The van der Waals surface area contributed by atoms with E-state index in [4.69, 9.17) is 4.18 Å². The number of benzene rings is 1. The van der Waals surface area contributed by atoms with Crippen molar-refractivity contribution in [3.05, 3.63) is 48.8 Å². The number of hydrogen-bond acceptors (Lipinski definition) is 4. The second kappa shape index (κ2) is 5.29. The maximum atomic E-state index is 11.8. The molecule has 0 fully saturated rings. The van der Waals surface area contributed by atoms with Gasteiger partial charge in [0.1, 0.15) is 0 Å². The molecule has 0 unspecified atom stereocenters. The Bertz CT molecular complexity index is 624. The zero-order chi connectivity index (χ0) is 13.0. The van der Waals surface area contributed by atoms with Crippen molar-refractivity contribution in [3.8, 4) is 11.1 Å². The summed E-state index contributed by atoms with van der Waals surface area (Å²) in [6, 6.07) is 10.3. The fraction of sp³-hybridized carbons (Fsp3) is 0.154. The Hall–Kier alpha value is -1.72. The molecule has 2 aromatic rings. The van der Waals surface area contributed by atoms with Gasteiger partial charge in [0.25, 0.3) is 10.1 Å². The lowest BCUT2D eigenvalue weighted by Crippen LogP contribution is -2.05. The molecular formula is C13H13NO3S. The van der Waals surface area contributed by atoms with Crippen LogP contribution in [0.5, 0.6) is 0 Å². The highest BCUT2D eigenvalue weighted by molar-refractivity contribution is 7.86. The number of hydrogen-bond donors (Lipinski definition) is 0. The van der Waals surface area contributed by atoms with Crippen LogP contribution >= 0.6 is 0 Å². The Morgan fingerprint density at radius 2 is 1.94 bits per heavy atom. The average molecular weight is 263 g/mol. The molecule has 1 aromatic heterocycles. The first-order valence-corrected chi connectivity index (χ1v) is 6.94. The van der Waals surface area contributed by atoms with Crippen LogP contribution in [-0.2, 0) is 14.3 Å². The van der Waals surface area contributed by atoms with Crippen LogP contribution in [0.25, 0.3) is 11.1 Å². The second-order valence-electron chi connectivity index (χ2n) is 3.63. The molecule has 0 bridgehead atoms. The molecule has 94 valence electrons. The highest BCUT2D eigenvalue weighted by Crippen LogP contribution is 2.22. The Kier molecular flexibility index (Phi) is 3.74. The minimum absolute atomic E-state index is 0.124. The number of nitrogens with zero attached hydrogens (tertiary/aromatic N) is 1. The van der Waals surface area contributed by atoms with Crippen molar-refractivity contribution in [2.24, 2.45) is 0 Å². The molecule has 0 spiro atoms. The fourth-order valence-corrected chi connectivity index (χ4v) is 2.55. The van der Waals surface area contributed by atoms with Crippen LogP contribution in [0.4, 0.5) is 0 Å². The molecule has 0 N–H and O–H groups in total. The maximum absolute atomic E-state index is 11.8. The van der Waals surface area contributed by atoms with E-state index in [1.54, 1.807) is 37.5 Å². The molecule has 1 aromatic carbocycles. The van der Waals surface area contributed by atoms with Gasteiger partial charge in [0.05, 0.1) is 11.5 Å². The summed E-state index contributed by atoms with van der Waals surface area (Å²) in [4.78, 5) is 4.17. The van der Waals surface area contributed by atoms with Crippen LogP contribution in [-0.4, -0.2) is 20.0 Å². The third-order valence-electron chi connectivity index (χ3n) is 2.39. The Balaban J connectivity index is 2.43. The fourth-order valence-electron chi connectivity index (χ4n) is 1.59. The van der Waals surface area contributed by atoms with E-state index in [1.165, 1.54) is 6.07 Å². The molecular weight excluding hydrogens is 250 g/mol. The molecule has 18 heavy (non-hydrogen) atoms. The summed E-state index contributed by atoms with van der Waals surface area (Å²) >= 11 is 0. The standard InChI is InChI=1S/C13H13NO3S/c1-2-17-18(15,16)13-7-3-5-11(9-13)12-6-4-8-14-10-12/h3-10H,2H2,1H3. The Labute approximate surface area is 106 Å². The van der Waals surface area contributed by atoms with Crippen LogP contribution < -0.4 is 0 Å². The lowest BCUT2D eigenvalue weighted by molar-refractivity contribution is 0.338. The van der Waals surface area contributed by atoms with E-state index in [-0.39, 0.29) is 11.5 Å². The van der Waals surface area contributed by atoms with Crippen LogP contribution in [0, 0.1) is 0 Å². The zero-order valence-corrected chi connectivity index (χ0v) is 10.7. The van der Waals surface area contributed by atoms with Gasteiger partial charge in [0, 0.05) is 18.0 Å². The van der Waals surface area contributed by atoms with Gasteiger partial charge in [-0.05, 0) is 30.7 Å². The van der Waals surface area contributed by atoms with E-state index in [0.29, 0.717) is 0 Å². The highest BCUT2D eigenvalue weighted by atomic mass is 32.2. The number of aromatic nitrogens is 1. The molecule has 0 atom stereocenters. The van der Waals surface area contributed by atoms with Crippen molar-refractivity contribution < 1.29 is 12.6 Å². The largest absolute Gasteiger partial charge is 0.296 e. The van der Waals surface area contributed by atoms with Crippen molar-refractivity contribution in [2.75, 3.05) is 6.61 Å². The summed E-state index contributed by atoms with van der Waals surface area (Å²) in [5.74, 6) is 0. The summed E-state index contributed by atoms with van der Waals surface area (Å²) in [6.45, 7) is 1.77. The SMILES string of the molecule is CCOS(=O)(=O)c1cccc(-c2cccnc2)c1. The van der Waals surface area contributed by atoms with Crippen molar-refractivity contribution in [1.82, 2.24) is 4.98 Å². The van der Waals surface area contributed by atoms with Crippen molar-refractivity contribution in [1.29, 1.82) is 0 Å². The quantitative estimate of drug-likeness (QED) is 0.795. The summed E-state index contributed by atoms with van der Waals surface area (Å²) in [6.07, 6.45) is 3.36. The van der Waals surface area contributed by atoms with Gasteiger partial charge in [0.15, 0.2) is 0 Å². The van der Waals surface area contributed by atoms with E-state index in [9.17, 15) is 8.42 Å². The topological polar surface area (TPSA) is 56.3 Å². The van der Waals surface area contributed by atoms with Crippen LogP contribution in [0.15, 0.2) is 53.7 Å². The summed E-state index contributed by atoms with van der Waals surface area (Å²) in [5.41, 5.74) is 1.66. The number of rotatable bonds is 4. The third kappa shape index (κ3) is 2.75. The summed E-state index contributed by atoms with van der Waals surface area (Å²) < 4.78 is 28.3. The van der Waals surface area contributed by atoms with E-state index < -0.39 is 10.1 Å².